The van der Waals surface area contributed by atoms with Gasteiger partial charge in [-0.25, -0.2) is 14.2 Å². The summed E-state index contributed by atoms with van der Waals surface area (Å²) < 4.78 is 13.7. The summed E-state index contributed by atoms with van der Waals surface area (Å²) >= 11 is 1.57. The summed E-state index contributed by atoms with van der Waals surface area (Å²) in [5.41, 5.74) is 1.56. The highest BCUT2D eigenvalue weighted by Gasteiger charge is 2.11. The number of nitrogens with zero attached hydrogens (tertiary/aromatic N) is 2. The minimum atomic E-state index is -0.504. The van der Waals surface area contributed by atoms with Crippen molar-refractivity contribution >= 4 is 17.4 Å². The fourth-order valence-corrected chi connectivity index (χ4v) is 2.79. The van der Waals surface area contributed by atoms with Crippen LogP contribution in [0.1, 0.15) is 34.7 Å². The summed E-state index contributed by atoms with van der Waals surface area (Å²) in [5, 5.41) is 17.0. The molecule has 0 aliphatic rings. The third kappa shape index (κ3) is 4.76. The highest BCUT2D eigenvalue weighted by Crippen LogP contribution is 2.18. The summed E-state index contributed by atoms with van der Waals surface area (Å²) in [4.78, 5) is 16.2. The lowest BCUT2D eigenvalue weighted by Gasteiger charge is -2.11. The molecule has 0 bridgehead atoms. The number of nitriles is 1. The van der Waals surface area contributed by atoms with Gasteiger partial charge in [0.1, 0.15) is 5.82 Å². The molecule has 1 aromatic carbocycles. The first-order valence-electron chi connectivity index (χ1n) is 7.12. The molecule has 2 rings (SSSR count). The van der Waals surface area contributed by atoms with Gasteiger partial charge in [0.2, 0.25) is 0 Å². The Morgan fingerprint density at radius 1 is 1.48 bits per heavy atom. The second-order valence-electron chi connectivity index (χ2n) is 5.21. The molecule has 5 nitrogen and oxygen atoms in total. The first-order valence-corrected chi connectivity index (χ1v) is 8.00. The smallest absolute Gasteiger partial charge is 0.315 e. The molecule has 0 aliphatic heterocycles. The van der Waals surface area contributed by atoms with Crippen molar-refractivity contribution in [3.8, 4) is 6.07 Å². The van der Waals surface area contributed by atoms with Gasteiger partial charge in [0, 0.05) is 35.6 Å². The number of rotatable bonds is 5. The van der Waals surface area contributed by atoms with Gasteiger partial charge >= 0.3 is 6.03 Å². The molecular weight excluding hydrogens is 315 g/mol. The average Bonchev–Trinajstić information content (AvgIpc) is 2.97. The number of benzene rings is 1. The lowest BCUT2D eigenvalue weighted by Crippen LogP contribution is -2.37. The van der Waals surface area contributed by atoms with Crippen LogP contribution in [0.2, 0.25) is 0 Å². The molecule has 0 spiro atoms. The molecule has 7 heteroatoms. The maximum Gasteiger partial charge on any atom is 0.315 e. The van der Waals surface area contributed by atoms with Crippen LogP contribution in [0.25, 0.3) is 0 Å². The van der Waals surface area contributed by atoms with E-state index in [1.807, 2.05) is 25.3 Å². The molecule has 1 aromatic heterocycles. The number of aromatic nitrogens is 1. The highest BCUT2D eigenvalue weighted by molar-refractivity contribution is 7.09. The van der Waals surface area contributed by atoms with Crippen molar-refractivity contribution < 1.29 is 9.18 Å². The van der Waals surface area contributed by atoms with Crippen molar-refractivity contribution in [2.24, 2.45) is 0 Å². The SMILES string of the molecule is Cc1csc(C(C)CNC(=O)NCc2ccc(C#N)cc2F)n1. The number of amides is 2. The Labute approximate surface area is 138 Å². The summed E-state index contributed by atoms with van der Waals surface area (Å²) in [7, 11) is 0. The number of hydrogen-bond acceptors (Lipinski definition) is 4. The van der Waals surface area contributed by atoms with Crippen molar-refractivity contribution in [2.75, 3.05) is 6.54 Å². The van der Waals surface area contributed by atoms with E-state index in [9.17, 15) is 9.18 Å². The van der Waals surface area contributed by atoms with E-state index >= 15 is 0 Å². The predicted molar refractivity (Wildman–Crippen MR) is 86.6 cm³/mol. The molecule has 1 heterocycles. The molecule has 2 N–H and O–H groups in total. The fraction of sp³-hybridized carbons (Fsp3) is 0.312. The van der Waals surface area contributed by atoms with Crippen LogP contribution in [-0.2, 0) is 6.54 Å². The molecule has 1 unspecified atom stereocenters. The monoisotopic (exact) mass is 332 g/mol. The number of carbonyl (C=O) groups excluding carboxylic acids is 1. The average molecular weight is 332 g/mol. The van der Waals surface area contributed by atoms with Crippen LogP contribution in [0, 0.1) is 24.1 Å². The summed E-state index contributed by atoms with van der Waals surface area (Å²) in [6.07, 6.45) is 0. The molecular formula is C16H17FN4OS. The van der Waals surface area contributed by atoms with E-state index in [-0.39, 0.29) is 24.1 Å². The molecule has 0 aliphatic carbocycles. The minimum absolute atomic E-state index is 0.0636. The number of carbonyl (C=O) groups is 1. The maximum absolute atomic E-state index is 13.7. The Kier molecular flexibility index (Phi) is 5.66. The van der Waals surface area contributed by atoms with Gasteiger partial charge in [0.25, 0.3) is 0 Å². The van der Waals surface area contributed by atoms with Crippen LogP contribution >= 0.6 is 11.3 Å². The van der Waals surface area contributed by atoms with Gasteiger partial charge in [-0.1, -0.05) is 13.0 Å². The van der Waals surface area contributed by atoms with Crippen LogP contribution < -0.4 is 10.6 Å². The molecule has 120 valence electrons. The zero-order chi connectivity index (χ0) is 16.8. The van der Waals surface area contributed by atoms with Gasteiger partial charge in [0.15, 0.2) is 0 Å². The molecule has 2 aromatic rings. The van der Waals surface area contributed by atoms with Crippen LogP contribution in [0.5, 0.6) is 0 Å². The number of thiazole rings is 1. The van der Waals surface area contributed by atoms with Crippen LogP contribution in [0.3, 0.4) is 0 Å². The Balaban J connectivity index is 1.80. The Morgan fingerprint density at radius 3 is 2.87 bits per heavy atom. The topological polar surface area (TPSA) is 77.8 Å². The molecule has 0 radical (unpaired) electrons. The largest absolute Gasteiger partial charge is 0.337 e. The number of aryl methyl sites for hydroxylation is 1. The van der Waals surface area contributed by atoms with Gasteiger partial charge in [-0.2, -0.15) is 5.26 Å². The molecule has 2 amide bonds. The molecule has 23 heavy (non-hydrogen) atoms. The second-order valence-corrected chi connectivity index (χ2v) is 6.10. The number of urea groups is 1. The van der Waals surface area contributed by atoms with Crippen LogP contribution in [-0.4, -0.2) is 17.6 Å². The van der Waals surface area contributed by atoms with Crippen molar-refractivity contribution in [3.05, 3.63) is 51.2 Å². The van der Waals surface area contributed by atoms with Crippen molar-refractivity contribution in [2.45, 2.75) is 26.3 Å². The maximum atomic E-state index is 13.7. The van der Waals surface area contributed by atoms with E-state index < -0.39 is 5.82 Å². The predicted octanol–water partition coefficient (Wildman–Crippen LogP) is 3.07. The van der Waals surface area contributed by atoms with Gasteiger partial charge < -0.3 is 10.6 Å². The van der Waals surface area contributed by atoms with E-state index in [2.05, 4.69) is 15.6 Å². The van der Waals surface area contributed by atoms with E-state index in [0.717, 1.165) is 16.8 Å². The summed E-state index contributed by atoms with van der Waals surface area (Å²) in [6.45, 7) is 4.43. The lowest BCUT2D eigenvalue weighted by atomic mass is 10.1. The Morgan fingerprint density at radius 2 is 2.26 bits per heavy atom. The number of hydrogen-bond donors (Lipinski definition) is 2. The van der Waals surface area contributed by atoms with Gasteiger partial charge in [0.05, 0.1) is 16.6 Å². The Bertz CT molecular complexity index is 738. The molecule has 0 saturated heterocycles. The van der Waals surface area contributed by atoms with E-state index in [4.69, 9.17) is 5.26 Å². The highest BCUT2D eigenvalue weighted by atomic mass is 32.1. The van der Waals surface area contributed by atoms with E-state index in [1.54, 1.807) is 11.3 Å². The van der Waals surface area contributed by atoms with Crippen molar-refractivity contribution in [1.82, 2.24) is 15.6 Å². The van der Waals surface area contributed by atoms with Gasteiger partial charge in [-0.15, -0.1) is 11.3 Å². The summed E-state index contributed by atoms with van der Waals surface area (Å²) in [5.74, 6) is -0.387. The number of halogens is 1. The standard InChI is InChI=1S/C16H17FN4OS/c1-10(15-21-11(2)9-23-15)7-19-16(22)20-8-13-4-3-12(6-18)5-14(13)17/h3-5,9-10H,7-8H2,1-2H3,(H2,19,20,22). The summed E-state index contributed by atoms with van der Waals surface area (Å²) in [6, 6.07) is 5.67. The number of nitrogens with one attached hydrogen (secondary N) is 2. The first kappa shape index (κ1) is 16.9. The quantitative estimate of drug-likeness (QED) is 0.883. The Hall–Kier alpha value is -2.46. The van der Waals surface area contributed by atoms with Crippen LogP contribution in [0.15, 0.2) is 23.6 Å². The zero-order valence-corrected chi connectivity index (χ0v) is 13.7. The first-order chi connectivity index (χ1) is 11.0. The van der Waals surface area contributed by atoms with Gasteiger partial charge in [-0.3, -0.25) is 0 Å². The van der Waals surface area contributed by atoms with Crippen molar-refractivity contribution in [1.29, 1.82) is 5.26 Å². The zero-order valence-electron chi connectivity index (χ0n) is 12.9. The third-order valence-electron chi connectivity index (χ3n) is 3.25. The van der Waals surface area contributed by atoms with Gasteiger partial charge in [-0.05, 0) is 19.1 Å². The molecule has 1 atom stereocenters. The minimum Gasteiger partial charge on any atom is -0.337 e. The normalized spacial score (nSPS) is 11.6. The van der Waals surface area contributed by atoms with Crippen LogP contribution in [0.4, 0.5) is 9.18 Å². The second kappa shape index (κ2) is 7.70. The third-order valence-corrected chi connectivity index (χ3v) is 4.44. The molecule has 0 saturated carbocycles. The van der Waals surface area contributed by atoms with E-state index in [0.29, 0.717) is 12.1 Å². The molecule has 0 fully saturated rings. The lowest BCUT2D eigenvalue weighted by molar-refractivity contribution is 0.240. The van der Waals surface area contributed by atoms with E-state index in [1.165, 1.54) is 12.1 Å². The fourth-order valence-electron chi connectivity index (χ4n) is 1.93. The van der Waals surface area contributed by atoms with Crippen molar-refractivity contribution in [3.63, 3.8) is 0 Å².